The quantitative estimate of drug-likeness (QED) is 0.164. The van der Waals surface area contributed by atoms with Crippen molar-refractivity contribution < 1.29 is 17.9 Å². The maximum atomic E-state index is 15.3. The summed E-state index contributed by atoms with van der Waals surface area (Å²) < 4.78 is 50.4. The zero-order valence-electron chi connectivity index (χ0n) is 24.8. The Labute approximate surface area is 249 Å². The molecule has 0 radical (unpaired) electrons. The molecule has 2 aliphatic rings. The van der Waals surface area contributed by atoms with Gasteiger partial charge in [-0.1, -0.05) is 74.7 Å². The van der Waals surface area contributed by atoms with Gasteiger partial charge in [-0.3, -0.25) is 0 Å². The second-order valence-electron chi connectivity index (χ2n) is 12.1. The van der Waals surface area contributed by atoms with Gasteiger partial charge in [-0.25, -0.2) is 8.78 Å². The minimum Gasteiger partial charge on any atom is -0.490 e. The predicted molar refractivity (Wildman–Crippen MR) is 168 cm³/mol. The van der Waals surface area contributed by atoms with Gasteiger partial charge in [-0.2, -0.15) is 4.39 Å². The van der Waals surface area contributed by atoms with Crippen molar-refractivity contribution in [3.63, 3.8) is 0 Å². The van der Waals surface area contributed by atoms with Crippen LogP contribution in [0.3, 0.4) is 0 Å². The first-order valence-corrected chi connectivity index (χ1v) is 15.8. The Balaban J connectivity index is 1.22. The molecular formula is C38H43F3O. The largest absolute Gasteiger partial charge is 0.490 e. The van der Waals surface area contributed by atoms with Gasteiger partial charge < -0.3 is 4.74 Å². The summed E-state index contributed by atoms with van der Waals surface area (Å²) in [6.45, 7) is 6.45. The molecule has 42 heavy (non-hydrogen) atoms. The van der Waals surface area contributed by atoms with Gasteiger partial charge >= 0.3 is 0 Å². The molecule has 0 heterocycles. The van der Waals surface area contributed by atoms with Gasteiger partial charge in [0.2, 0.25) is 5.82 Å². The number of hydrogen-bond donors (Lipinski definition) is 0. The topological polar surface area (TPSA) is 9.23 Å². The number of rotatable bonds is 11. The third kappa shape index (κ3) is 7.02. The lowest BCUT2D eigenvalue weighted by molar-refractivity contribution is 0.212. The monoisotopic (exact) mass is 572 g/mol. The van der Waals surface area contributed by atoms with Crippen LogP contribution in [0.4, 0.5) is 13.2 Å². The molecule has 0 spiro atoms. The van der Waals surface area contributed by atoms with Crippen molar-refractivity contribution in [1.82, 2.24) is 0 Å². The third-order valence-electron chi connectivity index (χ3n) is 9.42. The molecule has 3 aromatic carbocycles. The van der Waals surface area contributed by atoms with Crippen molar-refractivity contribution in [3.05, 3.63) is 96.3 Å². The number of hydrogen-bond acceptors (Lipinski definition) is 1. The van der Waals surface area contributed by atoms with E-state index in [0.29, 0.717) is 29.2 Å². The molecule has 3 aromatic rings. The molecule has 1 nitrogen and oxygen atoms in total. The van der Waals surface area contributed by atoms with Gasteiger partial charge in [0, 0.05) is 11.1 Å². The highest BCUT2D eigenvalue weighted by Gasteiger charge is 2.28. The Kier molecular flexibility index (Phi) is 10.3. The Bertz CT molecular complexity index is 1380. The Morgan fingerprint density at radius 2 is 1.45 bits per heavy atom. The van der Waals surface area contributed by atoms with Crippen molar-refractivity contribution in [2.75, 3.05) is 6.61 Å². The van der Waals surface area contributed by atoms with Gasteiger partial charge in [0.1, 0.15) is 5.82 Å². The summed E-state index contributed by atoms with van der Waals surface area (Å²) in [4.78, 5) is 0. The summed E-state index contributed by atoms with van der Waals surface area (Å²) in [5.74, 6) is -0.0186. The fraction of sp³-hybridized carbons (Fsp3) is 0.421. The van der Waals surface area contributed by atoms with Crippen LogP contribution in [-0.2, 0) is 0 Å². The maximum Gasteiger partial charge on any atom is 0.201 e. The third-order valence-corrected chi connectivity index (χ3v) is 9.42. The predicted octanol–water partition coefficient (Wildman–Crippen LogP) is 11.6. The van der Waals surface area contributed by atoms with E-state index in [9.17, 15) is 8.78 Å². The average Bonchev–Trinajstić information content (AvgIpc) is 3.03. The molecule has 0 saturated heterocycles. The summed E-state index contributed by atoms with van der Waals surface area (Å²) in [6, 6.07) is 15.4. The van der Waals surface area contributed by atoms with E-state index < -0.39 is 11.6 Å². The summed E-state index contributed by atoms with van der Waals surface area (Å²) in [6.07, 6.45) is 16.8. The molecule has 1 atom stereocenters. The highest BCUT2D eigenvalue weighted by atomic mass is 19.2. The van der Waals surface area contributed by atoms with E-state index in [1.165, 1.54) is 43.7 Å². The van der Waals surface area contributed by atoms with E-state index in [2.05, 4.69) is 25.7 Å². The smallest absolute Gasteiger partial charge is 0.201 e. The maximum absolute atomic E-state index is 15.3. The normalized spacial score (nSPS) is 20.7. The first-order valence-electron chi connectivity index (χ1n) is 15.8. The summed E-state index contributed by atoms with van der Waals surface area (Å²) in [7, 11) is 0. The molecule has 4 heteroatoms. The number of unbranched alkanes of at least 4 members (excludes halogenated alkanes) is 3. The molecule has 0 N–H and O–H groups in total. The number of halogens is 3. The molecule has 0 aliphatic heterocycles. The molecule has 1 unspecified atom stereocenters. The van der Waals surface area contributed by atoms with Crippen LogP contribution in [-0.4, -0.2) is 6.61 Å². The van der Waals surface area contributed by atoms with Crippen molar-refractivity contribution in [3.8, 4) is 28.0 Å². The van der Waals surface area contributed by atoms with Crippen LogP contribution in [0, 0.1) is 35.2 Å². The molecule has 1 saturated carbocycles. The summed E-state index contributed by atoms with van der Waals surface area (Å²) in [5.41, 5.74) is 4.07. The molecule has 2 aliphatic carbocycles. The minimum absolute atomic E-state index is 0.0641. The molecule has 0 aromatic heterocycles. The fourth-order valence-electron chi connectivity index (χ4n) is 6.75. The van der Waals surface area contributed by atoms with Crippen LogP contribution in [0.1, 0.15) is 83.1 Å². The number of ether oxygens (including phenoxy) is 1. The first kappa shape index (κ1) is 30.2. The second-order valence-corrected chi connectivity index (χ2v) is 12.1. The molecule has 5 rings (SSSR count). The molecule has 0 bridgehead atoms. The Morgan fingerprint density at radius 1 is 0.762 bits per heavy atom. The minimum atomic E-state index is -0.975. The van der Waals surface area contributed by atoms with Crippen molar-refractivity contribution in [1.29, 1.82) is 0 Å². The van der Waals surface area contributed by atoms with Crippen LogP contribution < -0.4 is 4.74 Å². The fourth-order valence-corrected chi connectivity index (χ4v) is 6.75. The van der Waals surface area contributed by atoms with Crippen LogP contribution in [0.2, 0.25) is 0 Å². The Hall–Kier alpha value is -3.27. The lowest BCUT2D eigenvalue weighted by Gasteiger charge is -2.34. The highest BCUT2D eigenvalue weighted by molar-refractivity contribution is 5.74. The van der Waals surface area contributed by atoms with Crippen molar-refractivity contribution >= 4 is 5.57 Å². The SMILES string of the molecule is C=CC1CCC(C2CC=C(c3ccc(-c4ccc(-c5ccc(OCCCCCC)c(F)c5F)cc4)c(F)c3)CC2)CC1. The van der Waals surface area contributed by atoms with Gasteiger partial charge in [-0.15, -0.1) is 6.58 Å². The van der Waals surface area contributed by atoms with Crippen molar-refractivity contribution in [2.24, 2.45) is 17.8 Å². The van der Waals surface area contributed by atoms with Crippen molar-refractivity contribution in [2.45, 2.75) is 77.6 Å². The van der Waals surface area contributed by atoms with E-state index in [0.717, 1.165) is 55.9 Å². The average molecular weight is 573 g/mol. The zero-order valence-corrected chi connectivity index (χ0v) is 24.8. The lowest BCUT2D eigenvalue weighted by Crippen LogP contribution is -2.22. The van der Waals surface area contributed by atoms with E-state index in [-0.39, 0.29) is 17.1 Å². The molecule has 0 amide bonds. The molecule has 1 fully saturated rings. The van der Waals surface area contributed by atoms with Crippen LogP contribution in [0.25, 0.3) is 27.8 Å². The van der Waals surface area contributed by atoms with E-state index in [1.807, 2.05) is 12.1 Å². The molecular weight excluding hydrogens is 529 g/mol. The van der Waals surface area contributed by atoms with Gasteiger partial charge in [0.15, 0.2) is 11.6 Å². The van der Waals surface area contributed by atoms with Crippen LogP contribution >= 0.6 is 0 Å². The summed E-state index contributed by atoms with van der Waals surface area (Å²) in [5, 5.41) is 0. The van der Waals surface area contributed by atoms with E-state index in [1.54, 1.807) is 36.4 Å². The number of benzene rings is 3. The first-order chi connectivity index (χ1) is 20.5. The Morgan fingerprint density at radius 3 is 2.10 bits per heavy atom. The highest BCUT2D eigenvalue weighted by Crippen LogP contribution is 2.42. The standard InChI is InChI=1S/C38H43F3O/c1-3-5-6-7-24-42-36-23-22-34(37(40)38(36)41)31-18-16-30(17-19-31)33-21-20-32(25-35(33)39)29-14-12-28(13-15-29)27-10-8-26(4-2)9-11-27/h4,14,16-23,25-28H,2-3,5-13,15,24H2,1H3. The van der Waals surface area contributed by atoms with E-state index >= 15 is 4.39 Å². The van der Waals surface area contributed by atoms with Crippen LogP contribution in [0.15, 0.2) is 73.3 Å². The van der Waals surface area contributed by atoms with Crippen LogP contribution in [0.5, 0.6) is 5.75 Å². The van der Waals surface area contributed by atoms with Gasteiger partial charge in [0.05, 0.1) is 6.61 Å². The van der Waals surface area contributed by atoms with Gasteiger partial charge in [0.25, 0.3) is 0 Å². The van der Waals surface area contributed by atoms with E-state index in [4.69, 9.17) is 4.74 Å². The summed E-state index contributed by atoms with van der Waals surface area (Å²) >= 11 is 0. The van der Waals surface area contributed by atoms with Gasteiger partial charge in [-0.05, 0) is 110 Å². The second kappa shape index (κ2) is 14.3. The number of allylic oxidation sites excluding steroid dienone is 3. The molecule has 222 valence electrons. The zero-order chi connectivity index (χ0) is 29.5. The lowest BCUT2D eigenvalue weighted by atomic mass is 9.71.